The number of fused-ring (bicyclic) bond motifs is 2. The number of rotatable bonds is 4. The minimum atomic E-state index is -0.186. The molecule has 0 atom stereocenters. The maximum Gasteiger partial charge on any atom is 0.253 e. The van der Waals surface area contributed by atoms with Crippen molar-refractivity contribution in [3.63, 3.8) is 0 Å². The fraction of sp³-hybridized carbons (Fsp3) is 0.300. The third kappa shape index (κ3) is 3.01. The zero-order chi connectivity index (χ0) is 18.9. The number of H-pyrrole nitrogens is 1. The quantitative estimate of drug-likeness (QED) is 0.570. The molecular weight excluding hydrogens is 356 g/mol. The van der Waals surface area contributed by atoms with E-state index >= 15 is 0 Å². The Bertz CT molecular complexity index is 1140. The smallest absolute Gasteiger partial charge is 0.253 e. The first-order valence-corrected chi connectivity index (χ1v) is 9.40. The van der Waals surface area contributed by atoms with E-state index in [-0.39, 0.29) is 5.91 Å². The van der Waals surface area contributed by atoms with Crippen molar-refractivity contribution in [1.29, 1.82) is 0 Å². The number of pyridine rings is 1. The summed E-state index contributed by atoms with van der Waals surface area (Å²) in [5.74, 6) is -0.186. The van der Waals surface area contributed by atoms with E-state index < -0.39 is 0 Å². The van der Waals surface area contributed by atoms with Gasteiger partial charge in [-0.05, 0) is 25.0 Å². The number of para-hydroxylation sites is 1. The summed E-state index contributed by atoms with van der Waals surface area (Å²) in [5, 5.41) is 11.2. The molecule has 8 heteroatoms. The molecule has 1 amide bonds. The summed E-state index contributed by atoms with van der Waals surface area (Å²) in [7, 11) is 0. The Kier molecular flexibility index (Phi) is 4.25. The van der Waals surface area contributed by atoms with E-state index in [0.29, 0.717) is 18.2 Å². The number of benzene rings is 1. The van der Waals surface area contributed by atoms with Gasteiger partial charge in [0.1, 0.15) is 5.52 Å². The molecule has 2 N–H and O–H groups in total. The average molecular weight is 376 g/mol. The molecule has 1 saturated heterocycles. The minimum absolute atomic E-state index is 0.186. The van der Waals surface area contributed by atoms with Crippen molar-refractivity contribution < 1.29 is 9.53 Å². The van der Waals surface area contributed by atoms with Crippen LogP contribution in [0.3, 0.4) is 0 Å². The Morgan fingerprint density at radius 1 is 1.21 bits per heavy atom. The lowest BCUT2D eigenvalue weighted by Gasteiger charge is -2.23. The molecule has 0 spiro atoms. The SMILES string of the molecule is O=C(NCc1[nH]nc2ccccc12)c1cnc2c(c1)ncn2C1CCOCC1. The number of carbonyl (C=O) groups is 1. The van der Waals surface area contributed by atoms with Crippen LogP contribution < -0.4 is 5.32 Å². The Morgan fingerprint density at radius 2 is 2.07 bits per heavy atom. The molecule has 1 aliphatic heterocycles. The van der Waals surface area contributed by atoms with Crippen LogP contribution in [0.1, 0.15) is 34.9 Å². The first-order valence-electron chi connectivity index (χ1n) is 9.40. The zero-order valence-corrected chi connectivity index (χ0v) is 15.3. The van der Waals surface area contributed by atoms with E-state index in [4.69, 9.17) is 4.74 Å². The summed E-state index contributed by atoms with van der Waals surface area (Å²) in [6.45, 7) is 1.88. The molecule has 4 heterocycles. The zero-order valence-electron chi connectivity index (χ0n) is 15.3. The number of amides is 1. The molecule has 28 heavy (non-hydrogen) atoms. The molecule has 0 radical (unpaired) electrons. The van der Waals surface area contributed by atoms with Gasteiger partial charge in [0.15, 0.2) is 5.65 Å². The fourth-order valence-corrected chi connectivity index (χ4v) is 3.69. The molecule has 5 rings (SSSR count). The van der Waals surface area contributed by atoms with Gasteiger partial charge >= 0.3 is 0 Å². The normalized spacial score (nSPS) is 15.3. The van der Waals surface area contributed by atoms with E-state index in [0.717, 1.165) is 53.8 Å². The van der Waals surface area contributed by atoms with Crippen LogP contribution in [0.15, 0.2) is 42.9 Å². The highest BCUT2D eigenvalue weighted by molar-refractivity contribution is 5.96. The van der Waals surface area contributed by atoms with Crippen molar-refractivity contribution >= 4 is 28.0 Å². The van der Waals surface area contributed by atoms with Gasteiger partial charge in [0.25, 0.3) is 5.91 Å². The molecule has 0 unspecified atom stereocenters. The van der Waals surface area contributed by atoms with Crippen molar-refractivity contribution in [2.24, 2.45) is 0 Å². The van der Waals surface area contributed by atoms with Gasteiger partial charge in [-0.3, -0.25) is 9.89 Å². The topological polar surface area (TPSA) is 97.7 Å². The van der Waals surface area contributed by atoms with Gasteiger partial charge in [0.2, 0.25) is 0 Å². The largest absolute Gasteiger partial charge is 0.381 e. The van der Waals surface area contributed by atoms with Gasteiger partial charge in [-0.25, -0.2) is 9.97 Å². The number of carbonyl (C=O) groups excluding carboxylic acids is 1. The number of ether oxygens (including phenoxy) is 1. The average Bonchev–Trinajstić information content (AvgIpc) is 3.36. The summed E-state index contributed by atoms with van der Waals surface area (Å²) in [6, 6.07) is 9.94. The monoisotopic (exact) mass is 376 g/mol. The van der Waals surface area contributed by atoms with Crippen LogP contribution in [-0.2, 0) is 11.3 Å². The van der Waals surface area contributed by atoms with Gasteiger partial charge in [-0.1, -0.05) is 18.2 Å². The number of nitrogens with one attached hydrogen (secondary N) is 2. The van der Waals surface area contributed by atoms with E-state index in [1.807, 2.05) is 30.6 Å². The van der Waals surface area contributed by atoms with E-state index in [1.54, 1.807) is 12.3 Å². The lowest BCUT2D eigenvalue weighted by Crippen LogP contribution is -2.23. The number of nitrogens with zero attached hydrogens (tertiary/aromatic N) is 4. The Hall–Kier alpha value is -3.26. The number of hydrogen-bond donors (Lipinski definition) is 2. The van der Waals surface area contributed by atoms with Crippen LogP contribution in [-0.4, -0.2) is 43.9 Å². The van der Waals surface area contributed by atoms with Crippen LogP contribution in [0, 0.1) is 0 Å². The molecule has 1 aromatic carbocycles. The van der Waals surface area contributed by atoms with Gasteiger partial charge in [-0.2, -0.15) is 5.10 Å². The summed E-state index contributed by atoms with van der Waals surface area (Å²) < 4.78 is 7.52. The van der Waals surface area contributed by atoms with Crippen LogP contribution in [0.25, 0.3) is 22.1 Å². The number of aromatic nitrogens is 5. The number of imidazole rings is 1. The van der Waals surface area contributed by atoms with Gasteiger partial charge in [0.05, 0.1) is 29.6 Å². The first-order chi connectivity index (χ1) is 13.8. The van der Waals surface area contributed by atoms with Crippen molar-refractivity contribution in [3.8, 4) is 0 Å². The molecule has 8 nitrogen and oxygen atoms in total. The van der Waals surface area contributed by atoms with Crippen LogP contribution in [0.2, 0.25) is 0 Å². The van der Waals surface area contributed by atoms with Gasteiger partial charge < -0.3 is 14.6 Å². The molecule has 1 aliphatic rings. The molecule has 0 bridgehead atoms. The molecular formula is C20H20N6O2. The van der Waals surface area contributed by atoms with Crippen LogP contribution >= 0.6 is 0 Å². The van der Waals surface area contributed by atoms with E-state index in [1.165, 1.54) is 0 Å². The molecule has 142 valence electrons. The maximum atomic E-state index is 12.6. The second-order valence-corrected chi connectivity index (χ2v) is 6.96. The molecule has 3 aromatic heterocycles. The predicted octanol–water partition coefficient (Wildman–Crippen LogP) is 2.59. The molecule has 0 aliphatic carbocycles. The number of hydrogen-bond acceptors (Lipinski definition) is 5. The maximum absolute atomic E-state index is 12.6. The predicted molar refractivity (Wildman–Crippen MR) is 104 cm³/mol. The highest BCUT2D eigenvalue weighted by Gasteiger charge is 2.19. The lowest BCUT2D eigenvalue weighted by molar-refractivity contribution is 0.0704. The summed E-state index contributed by atoms with van der Waals surface area (Å²) in [5.41, 5.74) is 3.79. The standard InChI is InChI=1S/C20H20N6O2/c27-20(22-11-18-15-3-1-2-4-16(15)24-25-18)13-9-17-19(21-10-13)26(12-23-17)14-5-7-28-8-6-14/h1-4,9-10,12,14H,5-8,11H2,(H,22,27)(H,24,25). The fourth-order valence-electron chi connectivity index (χ4n) is 3.69. The summed E-state index contributed by atoms with van der Waals surface area (Å²) >= 11 is 0. The second-order valence-electron chi connectivity index (χ2n) is 6.96. The van der Waals surface area contributed by atoms with Crippen molar-refractivity contribution in [2.75, 3.05) is 13.2 Å². The highest BCUT2D eigenvalue weighted by atomic mass is 16.5. The van der Waals surface area contributed by atoms with Gasteiger partial charge in [0, 0.05) is 30.8 Å². The van der Waals surface area contributed by atoms with E-state index in [9.17, 15) is 4.79 Å². The van der Waals surface area contributed by atoms with Gasteiger partial charge in [-0.15, -0.1) is 0 Å². The Morgan fingerprint density at radius 3 is 2.96 bits per heavy atom. The first kappa shape index (κ1) is 16.9. The second kappa shape index (κ2) is 7.05. The highest BCUT2D eigenvalue weighted by Crippen LogP contribution is 2.24. The van der Waals surface area contributed by atoms with Crippen molar-refractivity contribution in [3.05, 3.63) is 54.1 Å². The van der Waals surface area contributed by atoms with E-state index in [2.05, 4.69) is 30.0 Å². The minimum Gasteiger partial charge on any atom is -0.381 e. The molecule has 0 saturated carbocycles. The van der Waals surface area contributed by atoms with Crippen molar-refractivity contribution in [2.45, 2.75) is 25.4 Å². The lowest BCUT2D eigenvalue weighted by atomic mass is 10.1. The third-order valence-corrected chi connectivity index (χ3v) is 5.23. The third-order valence-electron chi connectivity index (χ3n) is 5.23. The summed E-state index contributed by atoms with van der Waals surface area (Å²) in [6.07, 6.45) is 5.33. The van der Waals surface area contributed by atoms with Crippen molar-refractivity contribution in [1.82, 2.24) is 30.0 Å². The number of aromatic amines is 1. The summed E-state index contributed by atoms with van der Waals surface area (Å²) in [4.78, 5) is 21.6. The molecule has 4 aromatic rings. The Labute approximate surface area is 160 Å². The molecule has 1 fully saturated rings. The Balaban J connectivity index is 1.33. The van der Waals surface area contributed by atoms with Crippen LogP contribution in [0.4, 0.5) is 0 Å². The van der Waals surface area contributed by atoms with Crippen LogP contribution in [0.5, 0.6) is 0 Å².